The molecule has 0 radical (unpaired) electrons. The minimum atomic E-state index is -0.170. The fraction of sp³-hybridized carbons (Fsp3) is 0.500. The average molecular weight is 319 g/mol. The SMILES string of the molecule is Cc1cc(C(=O)NC[C@@H]2CCCN(Cc3cccs3)C2)on1. The van der Waals surface area contributed by atoms with E-state index in [1.807, 2.05) is 6.92 Å². The second kappa shape index (κ2) is 7.07. The molecule has 0 saturated carbocycles. The van der Waals surface area contributed by atoms with Crippen LogP contribution >= 0.6 is 11.3 Å². The van der Waals surface area contributed by atoms with Crippen LogP contribution in [-0.4, -0.2) is 35.6 Å². The lowest BCUT2D eigenvalue weighted by molar-refractivity contribution is 0.0894. The molecule has 0 aliphatic carbocycles. The number of hydrogen-bond donors (Lipinski definition) is 1. The predicted octanol–water partition coefficient (Wildman–Crippen LogP) is 2.69. The van der Waals surface area contributed by atoms with Crippen LogP contribution in [0.3, 0.4) is 0 Å². The van der Waals surface area contributed by atoms with Crippen LogP contribution < -0.4 is 5.32 Å². The second-order valence-electron chi connectivity index (χ2n) is 5.87. The molecule has 3 heterocycles. The van der Waals surface area contributed by atoms with Crippen molar-refractivity contribution in [3.63, 3.8) is 0 Å². The topological polar surface area (TPSA) is 58.4 Å². The summed E-state index contributed by atoms with van der Waals surface area (Å²) >= 11 is 1.80. The maximum absolute atomic E-state index is 12.0. The van der Waals surface area contributed by atoms with Crippen LogP contribution in [0.2, 0.25) is 0 Å². The molecule has 1 fully saturated rings. The number of thiophene rings is 1. The maximum Gasteiger partial charge on any atom is 0.289 e. The lowest BCUT2D eigenvalue weighted by atomic mass is 9.98. The third-order valence-electron chi connectivity index (χ3n) is 3.97. The van der Waals surface area contributed by atoms with Crippen LogP contribution in [0, 0.1) is 12.8 Å². The predicted molar refractivity (Wildman–Crippen MR) is 85.9 cm³/mol. The average Bonchev–Trinajstić information content (AvgIpc) is 3.17. The Hall–Kier alpha value is -1.66. The third-order valence-corrected chi connectivity index (χ3v) is 4.83. The molecule has 0 aromatic carbocycles. The van der Waals surface area contributed by atoms with Crippen molar-refractivity contribution in [1.82, 2.24) is 15.4 Å². The van der Waals surface area contributed by atoms with E-state index in [2.05, 4.69) is 32.9 Å². The maximum atomic E-state index is 12.0. The number of rotatable bonds is 5. The zero-order valence-electron chi connectivity index (χ0n) is 12.7. The zero-order chi connectivity index (χ0) is 15.4. The van der Waals surface area contributed by atoms with E-state index in [-0.39, 0.29) is 5.91 Å². The van der Waals surface area contributed by atoms with Gasteiger partial charge in [-0.1, -0.05) is 11.2 Å². The van der Waals surface area contributed by atoms with Gasteiger partial charge in [-0.25, -0.2) is 0 Å². The van der Waals surface area contributed by atoms with E-state index in [0.717, 1.165) is 31.7 Å². The molecule has 0 bridgehead atoms. The molecule has 0 spiro atoms. The van der Waals surface area contributed by atoms with Crippen molar-refractivity contribution in [2.45, 2.75) is 26.3 Å². The Morgan fingerprint density at radius 1 is 1.59 bits per heavy atom. The van der Waals surface area contributed by atoms with E-state index in [4.69, 9.17) is 4.52 Å². The minimum absolute atomic E-state index is 0.170. The van der Waals surface area contributed by atoms with E-state index in [0.29, 0.717) is 18.2 Å². The number of aromatic nitrogens is 1. The number of aryl methyl sites for hydroxylation is 1. The smallest absolute Gasteiger partial charge is 0.289 e. The molecule has 1 N–H and O–H groups in total. The lowest BCUT2D eigenvalue weighted by Crippen LogP contribution is -2.40. The largest absolute Gasteiger partial charge is 0.351 e. The summed E-state index contributed by atoms with van der Waals surface area (Å²) in [7, 11) is 0. The molecule has 5 nitrogen and oxygen atoms in total. The molecule has 1 aliphatic heterocycles. The number of piperidine rings is 1. The molecule has 3 rings (SSSR count). The number of amides is 1. The highest BCUT2D eigenvalue weighted by Crippen LogP contribution is 2.20. The minimum Gasteiger partial charge on any atom is -0.351 e. The van der Waals surface area contributed by atoms with Gasteiger partial charge in [0.15, 0.2) is 0 Å². The molecular weight excluding hydrogens is 298 g/mol. The van der Waals surface area contributed by atoms with Gasteiger partial charge < -0.3 is 9.84 Å². The Morgan fingerprint density at radius 3 is 3.23 bits per heavy atom. The van der Waals surface area contributed by atoms with Gasteiger partial charge in [0.25, 0.3) is 5.91 Å². The van der Waals surface area contributed by atoms with Crippen LogP contribution in [-0.2, 0) is 6.54 Å². The molecule has 1 atom stereocenters. The Morgan fingerprint density at radius 2 is 2.50 bits per heavy atom. The summed E-state index contributed by atoms with van der Waals surface area (Å²) in [6, 6.07) is 5.95. The number of hydrogen-bond acceptors (Lipinski definition) is 5. The normalized spacial score (nSPS) is 19.2. The van der Waals surface area contributed by atoms with Crippen molar-refractivity contribution >= 4 is 17.2 Å². The summed E-state index contributed by atoms with van der Waals surface area (Å²) in [5.74, 6) is 0.626. The summed E-state index contributed by atoms with van der Waals surface area (Å²) in [6.07, 6.45) is 2.35. The fourth-order valence-electron chi connectivity index (χ4n) is 2.88. The van der Waals surface area contributed by atoms with Crippen LogP contribution in [0.4, 0.5) is 0 Å². The first-order chi connectivity index (χ1) is 10.7. The summed E-state index contributed by atoms with van der Waals surface area (Å²) in [6.45, 7) is 5.70. The summed E-state index contributed by atoms with van der Waals surface area (Å²) in [5, 5.41) is 8.83. The number of likely N-dealkylation sites (tertiary alicyclic amines) is 1. The van der Waals surface area contributed by atoms with E-state index in [1.165, 1.54) is 11.3 Å². The summed E-state index contributed by atoms with van der Waals surface area (Å²) < 4.78 is 4.99. The van der Waals surface area contributed by atoms with E-state index in [1.54, 1.807) is 17.4 Å². The van der Waals surface area contributed by atoms with Crippen molar-refractivity contribution in [2.24, 2.45) is 5.92 Å². The van der Waals surface area contributed by atoms with E-state index < -0.39 is 0 Å². The highest BCUT2D eigenvalue weighted by Gasteiger charge is 2.21. The number of nitrogens with one attached hydrogen (secondary N) is 1. The van der Waals surface area contributed by atoms with Gasteiger partial charge in [-0.05, 0) is 43.7 Å². The number of carbonyl (C=O) groups excluding carboxylic acids is 1. The molecule has 2 aromatic heterocycles. The van der Waals surface area contributed by atoms with Gasteiger partial charge in [-0.15, -0.1) is 11.3 Å². The van der Waals surface area contributed by atoms with Gasteiger partial charge in [0.05, 0.1) is 5.69 Å². The fourth-order valence-corrected chi connectivity index (χ4v) is 3.63. The number of carbonyl (C=O) groups is 1. The number of nitrogens with zero attached hydrogens (tertiary/aromatic N) is 2. The zero-order valence-corrected chi connectivity index (χ0v) is 13.6. The molecule has 2 aromatic rings. The third kappa shape index (κ3) is 3.96. The van der Waals surface area contributed by atoms with Crippen molar-refractivity contribution < 1.29 is 9.32 Å². The Labute approximate surface area is 134 Å². The van der Waals surface area contributed by atoms with Gasteiger partial charge >= 0.3 is 0 Å². The van der Waals surface area contributed by atoms with Gasteiger partial charge in [0.1, 0.15) is 0 Å². The Bertz CT molecular complexity index is 609. The van der Waals surface area contributed by atoms with Crippen LogP contribution in [0.15, 0.2) is 28.1 Å². The molecule has 22 heavy (non-hydrogen) atoms. The standard InChI is InChI=1S/C16H21N3O2S/c1-12-8-15(21-18-12)16(20)17-9-13-4-2-6-19(10-13)11-14-5-3-7-22-14/h3,5,7-8,13H,2,4,6,9-11H2,1H3,(H,17,20)/t13-/m0/s1. The Balaban J connectivity index is 1.47. The molecule has 6 heteroatoms. The van der Waals surface area contributed by atoms with Crippen molar-refractivity contribution in [3.05, 3.63) is 39.9 Å². The van der Waals surface area contributed by atoms with Crippen molar-refractivity contribution in [2.75, 3.05) is 19.6 Å². The van der Waals surface area contributed by atoms with Crippen molar-refractivity contribution in [1.29, 1.82) is 0 Å². The molecule has 1 aliphatic rings. The highest BCUT2D eigenvalue weighted by molar-refractivity contribution is 7.09. The van der Waals surface area contributed by atoms with Crippen molar-refractivity contribution in [3.8, 4) is 0 Å². The molecular formula is C16H21N3O2S. The van der Waals surface area contributed by atoms with Crippen LogP contribution in [0.25, 0.3) is 0 Å². The van der Waals surface area contributed by atoms with Crippen LogP contribution in [0.5, 0.6) is 0 Å². The van der Waals surface area contributed by atoms with Gasteiger partial charge in [0.2, 0.25) is 5.76 Å². The summed E-state index contributed by atoms with van der Waals surface area (Å²) in [5.41, 5.74) is 0.727. The molecule has 0 unspecified atom stereocenters. The molecule has 1 saturated heterocycles. The van der Waals surface area contributed by atoms with Gasteiger partial charge in [-0.2, -0.15) is 0 Å². The van der Waals surface area contributed by atoms with Crippen LogP contribution in [0.1, 0.15) is 34.0 Å². The van der Waals surface area contributed by atoms with Gasteiger partial charge in [-0.3, -0.25) is 9.69 Å². The first kappa shape index (κ1) is 15.2. The highest BCUT2D eigenvalue weighted by atomic mass is 32.1. The molecule has 1 amide bonds. The summed E-state index contributed by atoms with van der Waals surface area (Å²) in [4.78, 5) is 15.9. The quantitative estimate of drug-likeness (QED) is 0.920. The Kier molecular flexibility index (Phi) is 4.90. The monoisotopic (exact) mass is 319 g/mol. The first-order valence-electron chi connectivity index (χ1n) is 7.67. The first-order valence-corrected chi connectivity index (χ1v) is 8.55. The lowest BCUT2D eigenvalue weighted by Gasteiger charge is -2.32. The second-order valence-corrected chi connectivity index (χ2v) is 6.90. The van der Waals surface area contributed by atoms with E-state index >= 15 is 0 Å². The van der Waals surface area contributed by atoms with E-state index in [9.17, 15) is 4.79 Å². The molecule has 118 valence electrons. The van der Waals surface area contributed by atoms with Gasteiger partial charge in [0, 0.05) is 30.6 Å².